The van der Waals surface area contributed by atoms with Crippen LogP contribution in [0.2, 0.25) is 0 Å². The maximum atomic E-state index is 11.8. The molecule has 0 aromatic carbocycles. The van der Waals surface area contributed by atoms with E-state index in [-0.39, 0.29) is 17.3 Å². The molecule has 2 saturated carbocycles. The van der Waals surface area contributed by atoms with Crippen LogP contribution in [0.3, 0.4) is 0 Å². The van der Waals surface area contributed by atoms with Gasteiger partial charge in [0.1, 0.15) is 11.3 Å². The van der Waals surface area contributed by atoms with Gasteiger partial charge in [-0.15, -0.1) is 0 Å². The third-order valence-electron chi connectivity index (χ3n) is 7.36. The lowest BCUT2D eigenvalue weighted by Gasteiger charge is -2.32. The van der Waals surface area contributed by atoms with E-state index in [0.717, 1.165) is 30.2 Å². The molecule has 2 aliphatic carbocycles. The van der Waals surface area contributed by atoms with Crippen LogP contribution in [-0.4, -0.2) is 36.6 Å². The molecule has 7 nitrogen and oxygen atoms in total. The predicted molar refractivity (Wildman–Crippen MR) is 127 cm³/mol. The Morgan fingerprint density at radius 2 is 1.81 bits per heavy atom. The van der Waals surface area contributed by atoms with Gasteiger partial charge in [-0.3, -0.25) is 0 Å². The molecule has 2 heterocycles. The molecule has 0 bridgehead atoms. The van der Waals surface area contributed by atoms with Crippen LogP contribution >= 0.6 is 0 Å². The van der Waals surface area contributed by atoms with Crippen molar-refractivity contribution in [3.8, 4) is 0 Å². The van der Waals surface area contributed by atoms with Crippen LogP contribution in [0.1, 0.15) is 96.0 Å². The number of anilines is 1. The van der Waals surface area contributed by atoms with E-state index in [1.165, 1.54) is 44.9 Å². The van der Waals surface area contributed by atoms with Crippen LogP contribution in [0, 0.1) is 23.2 Å². The smallest absolute Gasteiger partial charge is 0.374 e. The average Bonchev–Trinajstić information content (AvgIpc) is 2.97. The average molecular weight is 442 g/mol. The van der Waals surface area contributed by atoms with E-state index in [2.05, 4.69) is 54.5 Å². The molecule has 0 aliphatic heterocycles. The highest BCUT2D eigenvalue weighted by atomic mass is 16.4. The number of nitrogens with one attached hydrogen (secondary N) is 1. The van der Waals surface area contributed by atoms with Crippen LogP contribution in [0.25, 0.3) is 11.2 Å². The first-order chi connectivity index (χ1) is 15.1. The van der Waals surface area contributed by atoms with Gasteiger partial charge in [-0.05, 0) is 55.8 Å². The highest BCUT2D eigenvalue weighted by molar-refractivity contribution is 5.90. The van der Waals surface area contributed by atoms with Crippen LogP contribution in [0.15, 0.2) is 0 Å². The SMILES string of the molecule is C[C@@H](Nc1nc(C(=O)O)nc2nc(CC(C)(C)C)n(C[C@H]3CC[C@H](C)CC3)c12)C1CCC1. The highest BCUT2D eigenvalue weighted by Gasteiger charge is 2.29. The number of fused-ring (bicyclic) bond motifs is 1. The number of aromatic carboxylic acids is 1. The van der Waals surface area contributed by atoms with Gasteiger partial charge in [-0.2, -0.15) is 0 Å². The summed E-state index contributed by atoms with van der Waals surface area (Å²) in [5.41, 5.74) is 1.44. The summed E-state index contributed by atoms with van der Waals surface area (Å²) >= 11 is 0. The van der Waals surface area contributed by atoms with E-state index in [0.29, 0.717) is 23.3 Å². The minimum absolute atomic E-state index is 0.0656. The zero-order valence-electron chi connectivity index (χ0n) is 20.3. The standard InChI is InChI=1S/C25H39N5O2/c1-15-9-11-17(12-10-15)14-30-19(13-25(3,4)5)27-22-20(30)21(28-23(29-22)24(31)32)26-16(2)18-7-6-8-18/h15-18H,6-14H2,1-5H3,(H,31,32)(H,26,28,29)/t15-,16-,17-/m1/s1. The Hall–Kier alpha value is -2.18. The molecular weight excluding hydrogens is 402 g/mol. The Morgan fingerprint density at radius 1 is 1.12 bits per heavy atom. The molecule has 0 spiro atoms. The molecule has 2 aromatic heterocycles. The fourth-order valence-electron chi connectivity index (χ4n) is 5.13. The fraction of sp³-hybridized carbons (Fsp3) is 0.760. The second kappa shape index (κ2) is 8.99. The van der Waals surface area contributed by atoms with Crippen molar-refractivity contribution in [2.24, 2.45) is 23.2 Å². The van der Waals surface area contributed by atoms with Crippen molar-refractivity contribution in [1.29, 1.82) is 0 Å². The van der Waals surface area contributed by atoms with Crippen molar-refractivity contribution in [1.82, 2.24) is 19.5 Å². The van der Waals surface area contributed by atoms with Gasteiger partial charge < -0.3 is 15.0 Å². The summed E-state index contributed by atoms with van der Waals surface area (Å²) in [5.74, 6) is 2.35. The second-order valence-corrected chi connectivity index (χ2v) is 11.5. The summed E-state index contributed by atoms with van der Waals surface area (Å²) in [4.78, 5) is 25.5. The van der Waals surface area contributed by atoms with Crippen molar-refractivity contribution >= 4 is 23.0 Å². The zero-order chi connectivity index (χ0) is 23.0. The molecule has 32 heavy (non-hydrogen) atoms. The summed E-state index contributed by atoms with van der Waals surface area (Å²) < 4.78 is 2.31. The Bertz CT molecular complexity index is 965. The zero-order valence-corrected chi connectivity index (χ0v) is 20.3. The Morgan fingerprint density at radius 3 is 2.38 bits per heavy atom. The van der Waals surface area contributed by atoms with Crippen molar-refractivity contribution in [2.45, 2.75) is 98.6 Å². The Balaban J connectivity index is 1.78. The molecule has 7 heteroatoms. The number of carboxylic acid groups (broad SMARTS) is 1. The van der Waals surface area contributed by atoms with E-state index in [1.807, 2.05) is 0 Å². The first-order valence-electron chi connectivity index (χ1n) is 12.4. The Labute approximate surface area is 191 Å². The molecule has 2 aliphatic rings. The maximum absolute atomic E-state index is 11.8. The van der Waals surface area contributed by atoms with Crippen molar-refractivity contribution in [2.75, 3.05) is 5.32 Å². The van der Waals surface area contributed by atoms with Gasteiger partial charge in [0.05, 0.1) is 0 Å². The van der Waals surface area contributed by atoms with Gasteiger partial charge in [-0.25, -0.2) is 19.7 Å². The van der Waals surface area contributed by atoms with Crippen LogP contribution in [-0.2, 0) is 13.0 Å². The second-order valence-electron chi connectivity index (χ2n) is 11.5. The summed E-state index contributed by atoms with van der Waals surface area (Å²) in [6.45, 7) is 12.1. The molecule has 0 saturated heterocycles. The number of nitrogens with zero attached hydrogens (tertiary/aromatic N) is 4. The van der Waals surface area contributed by atoms with Gasteiger partial charge in [0.2, 0.25) is 5.82 Å². The van der Waals surface area contributed by atoms with E-state index >= 15 is 0 Å². The lowest BCUT2D eigenvalue weighted by Crippen LogP contribution is -2.31. The molecule has 0 radical (unpaired) electrons. The minimum Gasteiger partial charge on any atom is -0.475 e. The lowest BCUT2D eigenvalue weighted by molar-refractivity contribution is 0.0684. The minimum atomic E-state index is -1.11. The topological polar surface area (TPSA) is 92.9 Å². The summed E-state index contributed by atoms with van der Waals surface area (Å²) in [5, 5.41) is 13.2. The number of imidazole rings is 1. The first kappa shape index (κ1) is 23.0. The molecule has 1 atom stereocenters. The van der Waals surface area contributed by atoms with Gasteiger partial charge in [0, 0.05) is 19.0 Å². The third kappa shape index (κ3) is 5.07. The van der Waals surface area contributed by atoms with E-state index < -0.39 is 5.97 Å². The number of hydrogen-bond donors (Lipinski definition) is 2. The summed E-state index contributed by atoms with van der Waals surface area (Å²) in [6, 6.07) is 0.244. The fourth-order valence-corrected chi connectivity index (χ4v) is 5.13. The predicted octanol–water partition coefficient (Wildman–Crippen LogP) is 5.54. The molecule has 2 fully saturated rings. The number of carboxylic acids is 1. The molecular formula is C25H39N5O2. The van der Waals surface area contributed by atoms with Crippen molar-refractivity contribution in [3.05, 3.63) is 11.6 Å². The molecule has 176 valence electrons. The van der Waals surface area contributed by atoms with Crippen LogP contribution in [0.5, 0.6) is 0 Å². The third-order valence-corrected chi connectivity index (χ3v) is 7.36. The molecule has 4 rings (SSSR count). The molecule has 0 unspecified atom stereocenters. The summed E-state index contributed by atoms with van der Waals surface area (Å²) in [7, 11) is 0. The number of rotatable bonds is 7. The highest BCUT2D eigenvalue weighted by Crippen LogP contribution is 2.35. The van der Waals surface area contributed by atoms with E-state index in [1.54, 1.807) is 0 Å². The number of aromatic nitrogens is 4. The van der Waals surface area contributed by atoms with Crippen molar-refractivity contribution in [3.63, 3.8) is 0 Å². The number of carbonyl (C=O) groups is 1. The summed E-state index contributed by atoms with van der Waals surface area (Å²) in [6.07, 6.45) is 9.50. The lowest BCUT2D eigenvalue weighted by atomic mass is 9.80. The van der Waals surface area contributed by atoms with Crippen LogP contribution in [0.4, 0.5) is 5.82 Å². The largest absolute Gasteiger partial charge is 0.475 e. The normalized spacial score (nSPS) is 23.2. The van der Waals surface area contributed by atoms with E-state index in [9.17, 15) is 9.90 Å². The maximum Gasteiger partial charge on any atom is 0.374 e. The van der Waals surface area contributed by atoms with Crippen molar-refractivity contribution < 1.29 is 9.90 Å². The van der Waals surface area contributed by atoms with Crippen LogP contribution < -0.4 is 5.32 Å². The molecule has 2 aromatic rings. The number of hydrogen-bond acceptors (Lipinski definition) is 5. The Kier molecular flexibility index (Phi) is 6.46. The van der Waals surface area contributed by atoms with E-state index in [4.69, 9.17) is 4.98 Å². The van der Waals surface area contributed by atoms with Gasteiger partial charge in [-0.1, -0.05) is 47.0 Å². The first-order valence-corrected chi connectivity index (χ1v) is 12.4. The van der Waals surface area contributed by atoms with Gasteiger partial charge in [0.15, 0.2) is 11.5 Å². The van der Waals surface area contributed by atoms with Gasteiger partial charge >= 0.3 is 5.97 Å². The van der Waals surface area contributed by atoms with Gasteiger partial charge in [0.25, 0.3) is 0 Å². The quantitative estimate of drug-likeness (QED) is 0.586. The molecule has 0 amide bonds. The molecule has 2 N–H and O–H groups in total. The monoisotopic (exact) mass is 441 g/mol.